The second-order valence-corrected chi connectivity index (χ2v) is 4.68. The van der Waals surface area contributed by atoms with E-state index in [0.717, 1.165) is 11.5 Å². The van der Waals surface area contributed by atoms with Gasteiger partial charge in [-0.2, -0.15) is 0 Å². The molecule has 0 radical (unpaired) electrons. The van der Waals surface area contributed by atoms with E-state index in [9.17, 15) is 5.11 Å². The van der Waals surface area contributed by atoms with Crippen molar-refractivity contribution in [2.24, 2.45) is 0 Å². The van der Waals surface area contributed by atoms with Crippen LogP contribution in [-0.2, 0) is 6.54 Å². The van der Waals surface area contributed by atoms with Gasteiger partial charge in [-0.05, 0) is 19.1 Å². The Morgan fingerprint density at radius 2 is 2.10 bits per heavy atom. The first kappa shape index (κ1) is 15.3. The maximum atomic E-state index is 9.88. The van der Waals surface area contributed by atoms with E-state index in [4.69, 9.17) is 14.0 Å². The molecule has 21 heavy (non-hydrogen) atoms. The molecule has 6 nitrogen and oxygen atoms in total. The maximum absolute atomic E-state index is 9.88. The van der Waals surface area contributed by atoms with Gasteiger partial charge in [0.25, 0.3) is 0 Å². The molecule has 0 aliphatic carbocycles. The minimum absolute atomic E-state index is 0.183. The fourth-order valence-corrected chi connectivity index (χ4v) is 1.84. The number of nitrogens with one attached hydrogen (secondary N) is 1. The van der Waals surface area contributed by atoms with E-state index in [2.05, 4.69) is 10.5 Å². The van der Waals surface area contributed by atoms with Gasteiger partial charge in [0, 0.05) is 12.6 Å². The van der Waals surface area contributed by atoms with E-state index in [1.807, 2.05) is 31.2 Å². The summed E-state index contributed by atoms with van der Waals surface area (Å²) in [7, 11) is 1.58. The summed E-state index contributed by atoms with van der Waals surface area (Å²) < 4.78 is 15.8. The molecule has 2 N–H and O–H groups in total. The highest BCUT2D eigenvalue weighted by Gasteiger charge is 2.08. The van der Waals surface area contributed by atoms with Crippen LogP contribution in [-0.4, -0.2) is 36.6 Å². The van der Waals surface area contributed by atoms with Crippen LogP contribution in [0.4, 0.5) is 0 Å². The number of para-hydroxylation sites is 2. The molecule has 0 aliphatic heterocycles. The normalized spacial score (nSPS) is 12.1. The van der Waals surface area contributed by atoms with Gasteiger partial charge in [-0.25, -0.2) is 0 Å². The molecular weight excluding hydrogens is 272 g/mol. The Morgan fingerprint density at radius 3 is 2.76 bits per heavy atom. The average Bonchev–Trinajstić information content (AvgIpc) is 2.91. The molecule has 1 aromatic carbocycles. The highest BCUT2D eigenvalue weighted by atomic mass is 16.5. The maximum Gasteiger partial charge on any atom is 0.161 e. The molecule has 2 aromatic rings. The number of hydrogen-bond donors (Lipinski definition) is 2. The number of benzene rings is 1. The molecule has 0 amide bonds. The lowest BCUT2D eigenvalue weighted by molar-refractivity contribution is 0.104. The number of rotatable bonds is 8. The van der Waals surface area contributed by atoms with Crippen molar-refractivity contribution in [1.29, 1.82) is 0 Å². The van der Waals surface area contributed by atoms with Crippen molar-refractivity contribution in [2.75, 3.05) is 20.3 Å². The standard InChI is InChI=1S/C15H20N2O4/c1-11-7-13(21-17-11)9-16-8-12(18)10-20-15-6-4-3-5-14(15)19-2/h3-7,12,16,18H,8-10H2,1-2H3. The van der Waals surface area contributed by atoms with Crippen molar-refractivity contribution in [2.45, 2.75) is 19.6 Å². The first-order chi connectivity index (χ1) is 10.2. The van der Waals surface area contributed by atoms with Crippen molar-refractivity contribution < 1.29 is 19.1 Å². The van der Waals surface area contributed by atoms with E-state index in [0.29, 0.717) is 24.6 Å². The summed E-state index contributed by atoms with van der Waals surface area (Å²) in [6, 6.07) is 9.19. The summed E-state index contributed by atoms with van der Waals surface area (Å²) in [4.78, 5) is 0. The third-order valence-electron chi connectivity index (χ3n) is 2.86. The highest BCUT2D eigenvalue weighted by Crippen LogP contribution is 2.25. The number of aromatic nitrogens is 1. The predicted molar refractivity (Wildman–Crippen MR) is 77.4 cm³/mol. The summed E-state index contributed by atoms with van der Waals surface area (Å²) in [5.41, 5.74) is 0.840. The molecule has 1 heterocycles. The van der Waals surface area contributed by atoms with Crippen LogP contribution in [0.2, 0.25) is 0 Å². The van der Waals surface area contributed by atoms with E-state index < -0.39 is 6.10 Å². The van der Waals surface area contributed by atoms with E-state index in [-0.39, 0.29) is 6.61 Å². The molecule has 0 fully saturated rings. The van der Waals surface area contributed by atoms with Crippen LogP contribution in [0.25, 0.3) is 0 Å². The third-order valence-corrected chi connectivity index (χ3v) is 2.86. The lowest BCUT2D eigenvalue weighted by atomic mass is 10.3. The fraction of sp³-hybridized carbons (Fsp3) is 0.400. The molecule has 1 aromatic heterocycles. The molecule has 114 valence electrons. The molecule has 0 saturated heterocycles. The van der Waals surface area contributed by atoms with Gasteiger partial charge in [0.2, 0.25) is 0 Å². The molecule has 0 spiro atoms. The predicted octanol–water partition coefficient (Wildman–Crippen LogP) is 1.52. The van der Waals surface area contributed by atoms with Crippen molar-refractivity contribution >= 4 is 0 Å². The van der Waals surface area contributed by atoms with Gasteiger partial charge in [0.15, 0.2) is 17.3 Å². The van der Waals surface area contributed by atoms with Gasteiger partial charge >= 0.3 is 0 Å². The molecule has 2 rings (SSSR count). The van der Waals surface area contributed by atoms with Crippen molar-refractivity contribution in [3.05, 3.63) is 41.8 Å². The zero-order valence-corrected chi connectivity index (χ0v) is 12.2. The summed E-state index contributed by atoms with van der Waals surface area (Å²) >= 11 is 0. The van der Waals surface area contributed by atoms with Crippen LogP contribution in [0, 0.1) is 6.92 Å². The van der Waals surface area contributed by atoms with Crippen LogP contribution in [0.5, 0.6) is 11.5 Å². The summed E-state index contributed by atoms with van der Waals surface area (Å²) in [6.07, 6.45) is -0.626. The van der Waals surface area contributed by atoms with Crippen LogP contribution in [0.15, 0.2) is 34.9 Å². The first-order valence-electron chi connectivity index (χ1n) is 6.76. The average molecular weight is 292 g/mol. The highest BCUT2D eigenvalue weighted by molar-refractivity contribution is 5.39. The largest absolute Gasteiger partial charge is 0.493 e. The zero-order chi connectivity index (χ0) is 15.1. The minimum Gasteiger partial charge on any atom is -0.493 e. The smallest absolute Gasteiger partial charge is 0.161 e. The van der Waals surface area contributed by atoms with Gasteiger partial charge in [-0.15, -0.1) is 0 Å². The third kappa shape index (κ3) is 4.77. The van der Waals surface area contributed by atoms with Crippen LogP contribution in [0.3, 0.4) is 0 Å². The lowest BCUT2D eigenvalue weighted by Gasteiger charge is -2.14. The number of nitrogens with zero attached hydrogens (tertiary/aromatic N) is 1. The van der Waals surface area contributed by atoms with Gasteiger partial charge in [0.05, 0.1) is 19.3 Å². The monoisotopic (exact) mass is 292 g/mol. The van der Waals surface area contributed by atoms with Crippen molar-refractivity contribution in [3.8, 4) is 11.5 Å². The number of aryl methyl sites for hydroxylation is 1. The first-order valence-corrected chi connectivity index (χ1v) is 6.76. The summed E-state index contributed by atoms with van der Waals surface area (Å²) in [6.45, 7) is 2.97. The molecule has 6 heteroatoms. The van der Waals surface area contributed by atoms with E-state index in [1.165, 1.54) is 0 Å². The van der Waals surface area contributed by atoms with Crippen LogP contribution < -0.4 is 14.8 Å². The molecule has 0 saturated carbocycles. The van der Waals surface area contributed by atoms with Gasteiger partial charge in [0.1, 0.15) is 12.7 Å². The molecule has 0 aliphatic rings. The number of ether oxygens (including phenoxy) is 2. The lowest BCUT2D eigenvalue weighted by Crippen LogP contribution is -2.31. The van der Waals surface area contributed by atoms with Crippen molar-refractivity contribution in [3.63, 3.8) is 0 Å². The van der Waals surface area contributed by atoms with Gasteiger partial charge in [-0.1, -0.05) is 17.3 Å². The molecular formula is C15H20N2O4. The van der Waals surface area contributed by atoms with Crippen molar-refractivity contribution in [1.82, 2.24) is 10.5 Å². The Bertz CT molecular complexity index is 556. The number of methoxy groups -OCH3 is 1. The zero-order valence-electron chi connectivity index (χ0n) is 12.2. The van der Waals surface area contributed by atoms with Crippen LogP contribution in [0.1, 0.15) is 11.5 Å². The Hall–Kier alpha value is -2.05. The summed E-state index contributed by atoms with van der Waals surface area (Å²) in [5.74, 6) is 2.00. The molecule has 0 bridgehead atoms. The Kier molecular flexibility index (Phi) is 5.59. The Morgan fingerprint density at radius 1 is 1.33 bits per heavy atom. The number of aliphatic hydroxyl groups is 1. The molecule has 1 unspecified atom stereocenters. The Labute approximate surface area is 123 Å². The second-order valence-electron chi connectivity index (χ2n) is 4.68. The van der Waals surface area contributed by atoms with Crippen LogP contribution >= 0.6 is 0 Å². The number of aliphatic hydroxyl groups excluding tert-OH is 1. The second kappa shape index (κ2) is 7.66. The molecule has 1 atom stereocenters. The minimum atomic E-state index is -0.626. The van der Waals surface area contributed by atoms with E-state index >= 15 is 0 Å². The van der Waals surface area contributed by atoms with Gasteiger partial charge < -0.3 is 24.4 Å². The number of hydrogen-bond acceptors (Lipinski definition) is 6. The fourth-order valence-electron chi connectivity index (χ4n) is 1.84. The summed E-state index contributed by atoms with van der Waals surface area (Å²) in [5, 5.41) is 16.8. The SMILES string of the molecule is COc1ccccc1OCC(O)CNCc1cc(C)no1. The van der Waals surface area contributed by atoms with Gasteiger partial charge in [-0.3, -0.25) is 0 Å². The van der Waals surface area contributed by atoms with E-state index in [1.54, 1.807) is 13.2 Å². The topological polar surface area (TPSA) is 76.8 Å². The Balaban J connectivity index is 1.71. The quantitative estimate of drug-likeness (QED) is 0.768.